The summed E-state index contributed by atoms with van der Waals surface area (Å²) in [6.07, 6.45) is 3.22. The molecule has 0 atom stereocenters. The fraction of sp³-hybridized carbons (Fsp3) is 0.375. The molecule has 22 heavy (non-hydrogen) atoms. The van der Waals surface area contributed by atoms with E-state index in [-0.39, 0.29) is 6.61 Å². The van der Waals surface area contributed by atoms with E-state index in [1.807, 2.05) is 24.3 Å². The third-order valence-electron chi connectivity index (χ3n) is 3.58. The first kappa shape index (κ1) is 15.0. The maximum atomic E-state index is 9.75. The van der Waals surface area contributed by atoms with Gasteiger partial charge in [-0.2, -0.15) is 5.10 Å². The van der Waals surface area contributed by atoms with Crippen LogP contribution in [-0.2, 0) is 13.0 Å². The van der Waals surface area contributed by atoms with Crippen molar-refractivity contribution in [3.8, 4) is 17.0 Å². The van der Waals surface area contributed by atoms with Gasteiger partial charge in [0.1, 0.15) is 10.8 Å². The van der Waals surface area contributed by atoms with Crippen LogP contribution in [0.5, 0.6) is 5.75 Å². The molecule has 0 amide bonds. The number of methoxy groups -OCH3 is 1. The summed E-state index contributed by atoms with van der Waals surface area (Å²) in [4.78, 5) is 5.49. The third kappa shape index (κ3) is 2.71. The smallest absolute Gasteiger partial charge is 0.213 e. The summed E-state index contributed by atoms with van der Waals surface area (Å²) >= 11 is 1.59. The van der Waals surface area contributed by atoms with Crippen LogP contribution in [0, 0.1) is 0 Å². The largest absolute Gasteiger partial charge is 0.497 e. The van der Waals surface area contributed by atoms with Crippen molar-refractivity contribution in [1.29, 1.82) is 0 Å². The molecule has 3 rings (SSSR count). The van der Waals surface area contributed by atoms with E-state index < -0.39 is 0 Å². The Morgan fingerprint density at radius 3 is 2.95 bits per heavy atom. The molecule has 0 aliphatic carbocycles. The lowest BCUT2D eigenvalue weighted by Gasteiger charge is -2.04. The average Bonchev–Trinajstić information content (AvgIpc) is 3.09. The van der Waals surface area contributed by atoms with Gasteiger partial charge in [-0.3, -0.25) is 0 Å². The van der Waals surface area contributed by atoms with E-state index in [1.165, 1.54) is 0 Å². The van der Waals surface area contributed by atoms with E-state index in [2.05, 4.69) is 17.0 Å². The minimum absolute atomic E-state index is 0.0926. The lowest BCUT2D eigenvalue weighted by atomic mass is 10.1. The zero-order valence-corrected chi connectivity index (χ0v) is 13.6. The lowest BCUT2D eigenvalue weighted by Crippen LogP contribution is -1.97. The molecule has 0 aliphatic rings. The van der Waals surface area contributed by atoms with Crippen LogP contribution in [0.2, 0.25) is 0 Å². The Balaban J connectivity index is 2.04. The number of aliphatic hydroxyl groups is 1. The molecule has 6 heteroatoms. The zero-order valence-electron chi connectivity index (χ0n) is 12.7. The highest BCUT2D eigenvalue weighted by Gasteiger charge is 2.17. The molecule has 0 fully saturated rings. The minimum atomic E-state index is -0.0926. The van der Waals surface area contributed by atoms with E-state index >= 15 is 0 Å². The monoisotopic (exact) mass is 317 g/mol. The van der Waals surface area contributed by atoms with Crippen molar-refractivity contribution in [3.05, 3.63) is 35.0 Å². The molecule has 1 aromatic carbocycles. The maximum absolute atomic E-state index is 9.75. The number of aliphatic hydroxyl groups excluding tert-OH is 1. The van der Waals surface area contributed by atoms with Crippen molar-refractivity contribution >= 4 is 16.3 Å². The van der Waals surface area contributed by atoms with Gasteiger partial charge in [-0.15, -0.1) is 0 Å². The number of rotatable bonds is 6. The second-order valence-electron chi connectivity index (χ2n) is 5.09. The summed E-state index contributed by atoms with van der Waals surface area (Å²) in [7, 11) is 1.64. The molecule has 5 nitrogen and oxygen atoms in total. The number of fused-ring (bicyclic) bond motifs is 1. The van der Waals surface area contributed by atoms with Crippen LogP contribution in [-0.4, -0.2) is 26.8 Å². The van der Waals surface area contributed by atoms with Crippen molar-refractivity contribution in [1.82, 2.24) is 14.6 Å². The standard InChI is InChI=1S/C16H19N3O2S/c1-3-4-8-14-18-19-13(10-20)15(17-16(19)22-14)11-6-5-7-12(9-11)21-2/h5-7,9,20H,3-4,8,10H2,1-2H3. The van der Waals surface area contributed by atoms with Crippen LogP contribution in [0.4, 0.5) is 0 Å². The van der Waals surface area contributed by atoms with Crippen molar-refractivity contribution in [3.63, 3.8) is 0 Å². The van der Waals surface area contributed by atoms with Crippen LogP contribution in [0.1, 0.15) is 30.5 Å². The summed E-state index contributed by atoms with van der Waals surface area (Å²) < 4.78 is 7.03. The van der Waals surface area contributed by atoms with Crippen molar-refractivity contribution in [2.45, 2.75) is 32.8 Å². The number of hydrogen-bond acceptors (Lipinski definition) is 5. The number of aryl methyl sites for hydroxylation is 1. The molecule has 0 radical (unpaired) electrons. The third-order valence-corrected chi connectivity index (χ3v) is 4.54. The lowest BCUT2D eigenvalue weighted by molar-refractivity contribution is 0.275. The average molecular weight is 317 g/mol. The van der Waals surface area contributed by atoms with Gasteiger partial charge < -0.3 is 9.84 Å². The van der Waals surface area contributed by atoms with Gasteiger partial charge in [0.25, 0.3) is 0 Å². The number of hydrogen-bond donors (Lipinski definition) is 1. The van der Waals surface area contributed by atoms with Gasteiger partial charge in [-0.05, 0) is 18.6 Å². The molecule has 0 saturated heterocycles. The number of unbranched alkanes of at least 4 members (excludes halogenated alkanes) is 1. The number of nitrogens with zero attached hydrogens (tertiary/aromatic N) is 3. The van der Waals surface area contributed by atoms with Crippen molar-refractivity contribution in [2.24, 2.45) is 0 Å². The second kappa shape index (κ2) is 6.46. The number of ether oxygens (including phenoxy) is 1. The molecule has 0 bridgehead atoms. The van der Waals surface area contributed by atoms with Crippen molar-refractivity contribution < 1.29 is 9.84 Å². The van der Waals surface area contributed by atoms with Gasteiger partial charge in [0, 0.05) is 12.0 Å². The highest BCUT2D eigenvalue weighted by molar-refractivity contribution is 7.16. The van der Waals surface area contributed by atoms with Crippen LogP contribution in [0.3, 0.4) is 0 Å². The van der Waals surface area contributed by atoms with E-state index in [0.29, 0.717) is 0 Å². The molecule has 0 saturated carbocycles. The van der Waals surface area contributed by atoms with E-state index in [4.69, 9.17) is 4.74 Å². The van der Waals surface area contributed by atoms with Gasteiger partial charge in [0.2, 0.25) is 4.96 Å². The van der Waals surface area contributed by atoms with Crippen LogP contribution >= 0.6 is 11.3 Å². The highest BCUT2D eigenvalue weighted by atomic mass is 32.1. The van der Waals surface area contributed by atoms with Crippen molar-refractivity contribution in [2.75, 3.05) is 7.11 Å². The molecule has 3 aromatic rings. The Labute approximate surface area is 133 Å². The molecule has 116 valence electrons. The Morgan fingerprint density at radius 2 is 2.23 bits per heavy atom. The first-order chi connectivity index (χ1) is 10.8. The van der Waals surface area contributed by atoms with Gasteiger partial charge in [0.05, 0.1) is 25.1 Å². The van der Waals surface area contributed by atoms with Crippen LogP contribution in [0.25, 0.3) is 16.2 Å². The summed E-state index contributed by atoms with van der Waals surface area (Å²) in [5, 5.41) is 15.4. The van der Waals surface area contributed by atoms with Gasteiger partial charge in [0.15, 0.2) is 0 Å². The predicted octanol–water partition coefficient (Wildman–Crippen LogP) is 3.30. The van der Waals surface area contributed by atoms with Gasteiger partial charge in [-0.1, -0.05) is 36.8 Å². The van der Waals surface area contributed by atoms with E-state index in [0.717, 1.165) is 51.9 Å². The van der Waals surface area contributed by atoms with Crippen LogP contribution in [0.15, 0.2) is 24.3 Å². The van der Waals surface area contributed by atoms with Gasteiger partial charge in [-0.25, -0.2) is 9.50 Å². The summed E-state index contributed by atoms with van der Waals surface area (Å²) in [5.74, 6) is 0.773. The predicted molar refractivity (Wildman–Crippen MR) is 87.4 cm³/mol. The normalized spacial score (nSPS) is 11.2. The molecule has 0 aliphatic heterocycles. The molecular formula is C16H19N3O2S. The second-order valence-corrected chi connectivity index (χ2v) is 6.13. The highest BCUT2D eigenvalue weighted by Crippen LogP contribution is 2.29. The number of imidazole rings is 1. The fourth-order valence-electron chi connectivity index (χ4n) is 2.40. The van der Waals surface area contributed by atoms with E-state index in [1.54, 1.807) is 23.0 Å². The summed E-state index contributed by atoms with van der Waals surface area (Å²) in [5.41, 5.74) is 2.42. The molecule has 1 N–H and O–H groups in total. The molecule has 2 heterocycles. The Bertz CT molecular complexity index is 779. The Morgan fingerprint density at radius 1 is 1.36 bits per heavy atom. The quantitative estimate of drug-likeness (QED) is 0.758. The topological polar surface area (TPSA) is 59.7 Å². The molecule has 0 spiro atoms. The Kier molecular flexibility index (Phi) is 4.40. The summed E-state index contributed by atoms with van der Waals surface area (Å²) in [6.45, 7) is 2.07. The van der Waals surface area contributed by atoms with Gasteiger partial charge >= 0.3 is 0 Å². The molecule has 0 unspecified atom stereocenters. The summed E-state index contributed by atoms with van der Waals surface area (Å²) in [6, 6.07) is 7.69. The number of aromatic nitrogens is 3. The molecule has 2 aromatic heterocycles. The number of benzene rings is 1. The van der Waals surface area contributed by atoms with Crippen LogP contribution < -0.4 is 4.74 Å². The Hall–Kier alpha value is -1.92. The zero-order chi connectivity index (χ0) is 15.5. The van der Waals surface area contributed by atoms with E-state index in [9.17, 15) is 5.11 Å². The molecular weight excluding hydrogens is 298 g/mol. The maximum Gasteiger partial charge on any atom is 0.213 e. The SMILES string of the molecule is CCCCc1nn2c(CO)c(-c3cccc(OC)c3)nc2s1. The fourth-order valence-corrected chi connectivity index (χ4v) is 3.36. The minimum Gasteiger partial charge on any atom is -0.497 e. The first-order valence-electron chi connectivity index (χ1n) is 7.39. The first-order valence-corrected chi connectivity index (χ1v) is 8.21.